The number of hydrogen-bond acceptors (Lipinski definition) is 5. The SMILES string of the molecule is C1CSC(c2noc(C3CC4CCC3N4)n2)C1. The van der Waals surface area contributed by atoms with E-state index in [0.29, 0.717) is 23.3 Å². The normalized spacial score (nSPS) is 40.2. The molecule has 1 aromatic heterocycles. The Morgan fingerprint density at radius 1 is 1.29 bits per heavy atom. The van der Waals surface area contributed by atoms with Gasteiger partial charge in [-0.1, -0.05) is 5.16 Å². The van der Waals surface area contributed by atoms with Crippen molar-refractivity contribution in [3.63, 3.8) is 0 Å². The predicted octanol–water partition coefficient (Wildman–Crippen LogP) is 2.25. The van der Waals surface area contributed by atoms with E-state index in [9.17, 15) is 0 Å². The molecule has 4 unspecified atom stereocenters. The zero-order valence-electron chi connectivity index (χ0n) is 9.76. The van der Waals surface area contributed by atoms with Crippen molar-refractivity contribution < 1.29 is 4.52 Å². The molecular formula is C12H17N3OS. The maximum absolute atomic E-state index is 5.50. The fourth-order valence-corrected chi connectivity index (χ4v) is 4.60. The molecule has 0 aliphatic carbocycles. The minimum Gasteiger partial charge on any atom is -0.339 e. The molecule has 2 bridgehead atoms. The van der Waals surface area contributed by atoms with Crippen LogP contribution in [-0.4, -0.2) is 28.0 Å². The van der Waals surface area contributed by atoms with Gasteiger partial charge in [0.15, 0.2) is 5.82 Å². The highest BCUT2D eigenvalue weighted by molar-refractivity contribution is 7.99. The first-order valence-corrected chi connectivity index (χ1v) is 7.66. The average molecular weight is 251 g/mol. The summed E-state index contributed by atoms with van der Waals surface area (Å²) in [6, 6.07) is 1.28. The first-order chi connectivity index (χ1) is 8.40. The first-order valence-electron chi connectivity index (χ1n) is 6.61. The molecule has 4 nitrogen and oxygen atoms in total. The van der Waals surface area contributed by atoms with Crippen LogP contribution in [0.5, 0.6) is 0 Å². The molecule has 0 saturated carbocycles. The molecule has 1 N–H and O–H groups in total. The van der Waals surface area contributed by atoms with E-state index in [2.05, 4.69) is 15.5 Å². The number of fused-ring (bicyclic) bond motifs is 2. The molecule has 0 radical (unpaired) electrons. The second-order valence-corrected chi connectivity index (χ2v) is 6.69. The Labute approximate surface area is 105 Å². The highest BCUT2D eigenvalue weighted by Gasteiger charge is 2.42. The van der Waals surface area contributed by atoms with Gasteiger partial charge < -0.3 is 9.84 Å². The topological polar surface area (TPSA) is 51.0 Å². The average Bonchev–Trinajstić information content (AvgIpc) is 3.12. The summed E-state index contributed by atoms with van der Waals surface area (Å²) in [4.78, 5) is 4.65. The third-order valence-corrected chi connectivity index (χ3v) is 5.67. The number of hydrogen-bond donors (Lipinski definition) is 1. The lowest BCUT2D eigenvalue weighted by Gasteiger charge is -2.15. The lowest BCUT2D eigenvalue weighted by Crippen LogP contribution is -2.21. The molecule has 4 atom stereocenters. The Balaban J connectivity index is 1.54. The second-order valence-electron chi connectivity index (χ2n) is 5.38. The van der Waals surface area contributed by atoms with Crippen LogP contribution in [0.3, 0.4) is 0 Å². The molecule has 3 aliphatic heterocycles. The van der Waals surface area contributed by atoms with E-state index >= 15 is 0 Å². The zero-order valence-corrected chi connectivity index (χ0v) is 10.6. The van der Waals surface area contributed by atoms with Gasteiger partial charge in [0.2, 0.25) is 5.89 Å². The van der Waals surface area contributed by atoms with Crippen molar-refractivity contribution in [2.24, 2.45) is 0 Å². The standard InChI is InChI=1S/C12H17N3OS/c1-2-10(17-5-1)11-14-12(16-15-11)8-6-7-3-4-9(8)13-7/h7-10,13H,1-6H2. The van der Waals surface area contributed by atoms with Gasteiger partial charge in [0.1, 0.15) is 0 Å². The Kier molecular flexibility index (Phi) is 2.43. The van der Waals surface area contributed by atoms with E-state index in [1.165, 1.54) is 37.9 Å². The van der Waals surface area contributed by atoms with Gasteiger partial charge in [0, 0.05) is 12.1 Å². The number of nitrogens with zero attached hydrogens (tertiary/aromatic N) is 2. The fourth-order valence-electron chi connectivity index (χ4n) is 3.41. The maximum Gasteiger partial charge on any atom is 0.231 e. The molecule has 3 aliphatic rings. The van der Waals surface area contributed by atoms with Crippen molar-refractivity contribution >= 4 is 11.8 Å². The number of aromatic nitrogens is 2. The van der Waals surface area contributed by atoms with Crippen LogP contribution in [0.2, 0.25) is 0 Å². The van der Waals surface area contributed by atoms with Gasteiger partial charge in [-0.25, -0.2) is 0 Å². The Hall–Kier alpha value is -0.550. The summed E-state index contributed by atoms with van der Waals surface area (Å²) in [7, 11) is 0. The van der Waals surface area contributed by atoms with Crippen LogP contribution < -0.4 is 5.32 Å². The van der Waals surface area contributed by atoms with Gasteiger partial charge in [0.05, 0.1) is 11.2 Å². The number of thioether (sulfide) groups is 1. The van der Waals surface area contributed by atoms with Crippen molar-refractivity contribution in [2.75, 3.05) is 5.75 Å². The maximum atomic E-state index is 5.50. The Morgan fingerprint density at radius 3 is 3.00 bits per heavy atom. The highest BCUT2D eigenvalue weighted by atomic mass is 32.2. The van der Waals surface area contributed by atoms with Crippen LogP contribution in [0.25, 0.3) is 0 Å². The molecule has 0 spiro atoms. The van der Waals surface area contributed by atoms with Crippen LogP contribution >= 0.6 is 11.8 Å². The molecule has 17 heavy (non-hydrogen) atoms. The van der Waals surface area contributed by atoms with Crippen LogP contribution in [0, 0.1) is 0 Å². The molecule has 0 aromatic carbocycles. The van der Waals surface area contributed by atoms with Crippen molar-refractivity contribution in [2.45, 2.75) is 55.4 Å². The molecule has 1 aromatic rings. The third kappa shape index (κ3) is 1.71. The largest absolute Gasteiger partial charge is 0.339 e. The first kappa shape index (κ1) is 10.4. The van der Waals surface area contributed by atoms with Gasteiger partial charge in [-0.05, 0) is 37.9 Å². The lowest BCUT2D eigenvalue weighted by molar-refractivity contribution is 0.326. The van der Waals surface area contributed by atoms with E-state index in [1.807, 2.05) is 11.8 Å². The van der Waals surface area contributed by atoms with Crippen LogP contribution in [0.15, 0.2) is 4.52 Å². The van der Waals surface area contributed by atoms with E-state index < -0.39 is 0 Å². The molecular weight excluding hydrogens is 234 g/mol. The van der Waals surface area contributed by atoms with Crippen molar-refractivity contribution in [3.8, 4) is 0 Å². The third-order valence-electron chi connectivity index (χ3n) is 4.29. The summed E-state index contributed by atoms with van der Waals surface area (Å²) in [6.45, 7) is 0. The van der Waals surface area contributed by atoms with E-state index in [-0.39, 0.29) is 0 Å². The zero-order chi connectivity index (χ0) is 11.2. The Bertz CT molecular complexity index is 416. The lowest BCUT2D eigenvalue weighted by atomic mass is 9.89. The quantitative estimate of drug-likeness (QED) is 0.873. The van der Waals surface area contributed by atoms with Gasteiger partial charge in [-0.3, -0.25) is 0 Å². The number of nitrogens with one attached hydrogen (secondary N) is 1. The number of rotatable bonds is 2. The van der Waals surface area contributed by atoms with Crippen LogP contribution in [0.1, 0.15) is 55.0 Å². The summed E-state index contributed by atoms with van der Waals surface area (Å²) in [5.74, 6) is 3.53. The highest BCUT2D eigenvalue weighted by Crippen LogP contribution is 2.42. The molecule has 3 fully saturated rings. The van der Waals surface area contributed by atoms with E-state index in [4.69, 9.17) is 4.52 Å². The molecule has 4 heterocycles. The second kappa shape index (κ2) is 3.99. The monoisotopic (exact) mass is 251 g/mol. The molecule has 4 rings (SSSR count). The predicted molar refractivity (Wildman–Crippen MR) is 66.0 cm³/mol. The minimum absolute atomic E-state index is 0.474. The van der Waals surface area contributed by atoms with Crippen molar-refractivity contribution in [1.29, 1.82) is 0 Å². The summed E-state index contributed by atoms with van der Waals surface area (Å²) < 4.78 is 5.50. The van der Waals surface area contributed by atoms with Gasteiger partial charge in [-0.15, -0.1) is 0 Å². The molecule has 5 heteroatoms. The summed E-state index contributed by atoms with van der Waals surface area (Å²) in [5.41, 5.74) is 0. The smallest absolute Gasteiger partial charge is 0.231 e. The summed E-state index contributed by atoms with van der Waals surface area (Å²) in [5, 5.41) is 8.30. The molecule has 3 saturated heterocycles. The van der Waals surface area contributed by atoms with Crippen LogP contribution in [0.4, 0.5) is 0 Å². The van der Waals surface area contributed by atoms with Crippen molar-refractivity contribution in [1.82, 2.24) is 15.5 Å². The molecule has 0 amide bonds. The van der Waals surface area contributed by atoms with Gasteiger partial charge >= 0.3 is 0 Å². The van der Waals surface area contributed by atoms with E-state index in [1.54, 1.807) is 0 Å². The summed E-state index contributed by atoms with van der Waals surface area (Å²) >= 11 is 1.97. The minimum atomic E-state index is 0.474. The van der Waals surface area contributed by atoms with Gasteiger partial charge in [-0.2, -0.15) is 16.7 Å². The fraction of sp³-hybridized carbons (Fsp3) is 0.833. The van der Waals surface area contributed by atoms with E-state index in [0.717, 1.165) is 11.7 Å². The van der Waals surface area contributed by atoms with Gasteiger partial charge in [0.25, 0.3) is 0 Å². The van der Waals surface area contributed by atoms with Crippen LogP contribution in [-0.2, 0) is 0 Å². The molecule has 92 valence electrons. The van der Waals surface area contributed by atoms with Crippen molar-refractivity contribution in [3.05, 3.63) is 11.7 Å². The Morgan fingerprint density at radius 2 is 2.29 bits per heavy atom. The summed E-state index contributed by atoms with van der Waals surface area (Å²) in [6.07, 6.45) is 6.27.